The van der Waals surface area contributed by atoms with Gasteiger partial charge in [0.15, 0.2) is 17.5 Å². The highest BCUT2D eigenvalue weighted by atomic mass is 19.2. The lowest BCUT2D eigenvalue weighted by Gasteiger charge is -2.27. The van der Waals surface area contributed by atoms with E-state index in [2.05, 4.69) is 11.8 Å². The summed E-state index contributed by atoms with van der Waals surface area (Å²) < 4.78 is 50.6. The number of carbonyl (C=O) groups excluding carboxylic acids is 2. The molecule has 188 valence electrons. The normalized spacial score (nSPS) is 17.1. The van der Waals surface area contributed by atoms with Gasteiger partial charge in [-0.25, -0.2) is 22.8 Å². The zero-order valence-electron chi connectivity index (χ0n) is 19.8. The van der Waals surface area contributed by atoms with E-state index in [-0.39, 0.29) is 23.0 Å². The lowest BCUT2D eigenvalue weighted by atomic mass is 9.80. The maximum absolute atomic E-state index is 13.5. The van der Waals surface area contributed by atoms with Crippen molar-refractivity contribution in [2.75, 3.05) is 0 Å². The third kappa shape index (κ3) is 6.23. The van der Waals surface area contributed by atoms with Crippen LogP contribution < -0.4 is 9.47 Å². The third-order valence-corrected chi connectivity index (χ3v) is 6.36. The minimum atomic E-state index is -1.74. The fraction of sp³-hybridized carbons (Fsp3) is 0.407. The van der Waals surface area contributed by atoms with E-state index in [1.165, 1.54) is 18.9 Å². The number of hydrogen-bond acceptors (Lipinski definition) is 5. The van der Waals surface area contributed by atoms with Crippen LogP contribution in [0.1, 0.15) is 74.2 Å². The van der Waals surface area contributed by atoms with Crippen LogP contribution in [-0.2, 0) is 4.79 Å². The molecule has 2 aromatic rings. The first kappa shape index (κ1) is 26.7. The second-order valence-electron chi connectivity index (χ2n) is 8.79. The fourth-order valence-corrected chi connectivity index (χ4v) is 4.33. The monoisotopic (exact) mass is 498 g/mol. The molecule has 0 N–H and O–H groups in total. The Morgan fingerprint density at radius 1 is 1.06 bits per heavy atom. The van der Waals surface area contributed by atoms with Gasteiger partial charge in [-0.15, -0.1) is 0 Å². The highest BCUT2D eigenvalue weighted by Gasteiger charge is 2.29. The molecule has 3 rings (SSSR count). The van der Waals surface area contributed by atoms with Crippen molar-refractivity contribution in [1.29, 1.82) is 5.26 Å². The van der Waals surface area contributed by atoms with Gasteiger partial charge in [0.25, 0.3) is 0 Å². The average Bonchev–Trinajstić information content (AvgIpc) is 2.87. The quantitative estimate of drug-likeness (QED) is 0.128. The number of rotatable bonds is 8. The molecule has 0 heterocycles. The summed E-state index contributed by atoms with van der Waals surface area (Å²) in [5, 5.41) is 9.60. The van der Waals surface area contributed by atoms with Gasteiger partial charge in [0.05, 0.1) is 24.1 Å². The Kier molecular flexibility index (Phi) is 9.08. The summed E-state index contributed by atoms with van der Waals surface area (Å²) >= 11 is 0. The number of ether oxygens (including phenoxy) is 2. The Morgan fingerprint density at radius 2 is 1.69 bits per heavy atom. The molecule has 0 bridgehead atoms. The predicted molar refractivity (Wildman–Crippen MR) is 124 cm³/mol. The largest absolute Gasteiger partial charge is 0.435 e. The Balaban J connectivity index is 1.72. The second-order valence-corrected chi connectivity index (χ2v) is 8.79. The van der Waals surface area contributed by atoms with Crippen LogP contribution in [0.4, 0.5) is 18.9 Å². The van der Waals surface area contributed by atoms with Gasteiger partial charge in [-0.2, -0.15) is 5.26 Å². The van der Waals surface area contributed by atoms with Gasteiger partial charge in [-0.05, 0) is 55.9 Å². The summed E-state index contributed by atoms with van der Waals surface area (Å²) in [7, 11) is 0. The number of nitrogens with zero attached hydrogens (tertiary/aromatic N) is 2. The number of nitriles is 1. The number of benzene rings is 2. The molecule has 0 saturated heterocycles. The molecule has 0 unspecified atom stereocenters. The molecule has 36 heavy (non-hydrogen) atoms. The van der Waals surface area contributed by atoms with Crippen LogP contribution in [0.25, 0.3) is 4.85 Å². The highest BCUT2D eigenvalue weighted by molar-refractivity contribution is 5.92. The van der Waals surface area contributed by atoms with Crippen LogP contribution >= 0.6 is 0 Å². The summed E-state index contributed by atoms with van der Waals surface area (Å²) in [5.74, 6) is -6.88. The molecule has 1 aliphatic carbocycles. The van der Waals surface area contributed by atoms with Gasteiger partial charge in [0.2, 0.25) is 5.69 Å². The molecule has 0 spiro atoms. The van der Waals surface area contributed by atoms with E-state index in [0.29, 0.717) is 30.9 Å². The topological polar surface area (TPSA) is 80.8 Å². The van der Waals surface area contributed by atoms with E-state index in [9.17, 15) is 28.0 Å². The SMILES string of the molecule is [C-]#[N+]c1c(OC(=O)c2cc(F)c(F)c(F)c2)ccc(OC(=O)C2CCC(CCCCC)CC2)c1C#N. The summed E-state index contributed by atoms with van der Waals surface area (Å²) in [4.78, 5) is 28.3. The lowest BCUT2D eigenvalue weighted by molar-refractivity contribution is -0.140. The molecular weight excluding hydrogens is 473 g/mol. The summed E-state index contributed by atoms with van der Waals surface area (Å²) in [6, 6.07) is 5.07. The average molecular weight is 499 g/mol. The van der Waals surface area contributed by atoms with E-state index in [0.717, 1.165) is 31.7 Å². The first-order valence-electron chi connectivity index (χ1n) is 11.8. The predicted octanol–water partition coefficient (Wildman–Crippen LogP) is 7.04. The zero-order valence-corrected chi connectivity index (χ0v) is 19.8. The molecule has 2 aromatic carbocycles. The number of carbonyl (C=O) groups is 2. The van der Waals surface area contributed by atoms with Crippen LogP contribution in [-0.4, -0.2) is 11.9 Å². The van der Waals surface area contributed by atoms with Crippen molar-refractivity contribution in [3.63, 3.8) is 0 Å². The van der Waals surface area contributed by atoms with Crippen molar-refractivity contribution in [3.8, 4) is 17.6 Å². The van der Waals surface area contributed by atoms with Gasteiger partial charge in [-0.3, -0.25) is 4.79 Å². The van der Waals surface area contributed by atoms with Crippen molar-refractivity contribution in [2.24, 2.45) is 11.8 Å². The first-order chi connectivity index (χ1) is 17.3. The van der Waals surface area contributed by atoms with Crippen LogP contribution in [0.2, 0.25) is 0 Å². The Labute approximate surface area is 207 Å². The molecule has 0 radical (unpaired) electrons. The van der Waals surface area contributed by atoms with Crippen LogP contribution in [0.15, 0.2) is 24.3 Å². The first-order valence-corrected chi connectivity index (χ1v) is 11.8. The zero-order chi connectivity index (χ0) is 26.2. The number of unbranched alkanes of at least 4 members (excludes halogenated alkanes) is 2. The fourth-order valence-electron chi connectivity index (χ4n) is 4.33. The minimum absolute atomic E-state index is 0.141. The third-order valence-electron chi connectivity index (χ3n) is 6.36. The van der Waals surface area contributed by atoms with Gasteiger partial charge in [-0.1, -0.05) is 32.6 Å². The molecule has 9 heteroatoms. The van der Waals surface area contributed by atoms with E-state index >= 15 is 0 Å². The number of esters is 2. The van der Waals surface area contributed by atoms with Crippen LogP contribution in [0, 0.1) is 47.2 Å². The molecule has 0 atom stereocenters. The molecule has 6 nitrogen and oxygen atoms in total. The van der Waals surface area contributed by atoms with Crippen molar-refractivity contribution in [3.05, 3.63) is 64.3 Å². The Morgan fingerprint density at radius 3 is 2.28 bits per heavy atom. The molecule has 1 aliphatic rings. The smallest absolute Gasteiger partial charge is 0.342 e. The lowest BCUT2D eigenvalue weighted by Crippen LogP contribution is -2.26. The molecular formula is C27H25F3N2O4. The van der Waals surface area contributed by atoms with Crippen LogP contribution in [0.5, 0.6) is 11.5 Å². The second kappa shape index (κ2) is 12.2. The van der Waals surface area contributed by atoms with Gasteiger partial charge in [0, 0.05) is 0 Å². The highest BCUT2D eigenvalue weighted by Crippen LogP contribution is 2.39. The summed E-state index contributed by atoms with van der Waals surface area (Å²) in [6.07, 6.45) is 7.94. The standard InChI is InChI=1S/C27H25F3N2O4/c1-3-4-5-6-16-7-9-17(10-8-16)26(33)35-22-11-12-23(25(32-2)19(22)15-31)36-27(34)18-13-20(28)24(30)21(29)14-18/h11-14,16-17H,3-10H2,1H3. The minimum Gasteiger partial charge on any atom is -0.435 e. The van der Waals surface area contributed by atoms with Gasteiger partial charge >= 0.3 is 11.9 Å². The maximum Gasteiger partial charge on any atom is 0.342 e. The molecule has 0 amide bonds. The molecule has 0 aliphatic heterocycles. The Hall–Kier alpha value is -3.85. The van der Waals surface area contributed by atoms with Crippen LogP contribution in [0.3, 0.4) is 0 Å². The van der Waals surface area contributed by atoms with E-state index in [1.807, 2.05) is 0 Å². The van der Waals surface area contributed by atoms with Gasteiger partial charge in [0.1, 0.15) is 17.1 Å². The van der Waals surface area contributed by atoms with E-state index in [4.69, 9.17) is 16.0 Å². The van der Waals surface area contributed by atoms with Crippen molar-refractivity contribution in [1.82, 2.24) is 0 Å². The number of hydrogen-bond donors (Lipinski definition) is 0. The summed E-state index contributed by atoms with van der Waals surface area (Å²) in [5.41, 5.74) is -1.34. The van der Waals surface area contributed by atoms with Crippen molar-refractivity contribution >= 4 is 17.6 Å². The molecule has 1 fully saturated rings. The summed E-state index contributed by atoms with van der Waals surface area (Å²) in [6.45, 7) is 9.57. The van der Waals surface area contributed by atoms with Crippen molar-refractivity contribution < 1.29 is 32.2 Å². The maximum atomic E-state index is 13.5. The van der Waals surface area contributed by atoms with Crippen molar-refractivity contribution in [2.45, 2.75) is 58.3 Å². The van der Waals surface area contributed by atoms with E-state index in [1.54, 1.807) is 6.07 Å². The number of halogens is 3. The molecule has 1 saturated carbocycles. The van der Waals surface area contributed by atoms with E-state index < -0.39 is 40.6 Å². The Bertz CT molecular complexity index is 1200. The van der Waals surface area contributed by atoms with Gasteiger partial charge < -0.3 is 9.47 Å². The molecule has 0 aromatic heterocycles.